The summed E-state index contributed by atoms with van der Waals surface area (Å²) < 4.78 is 45.1. The molecular formula is C20H22F3N3O2S. The number of amides is 1. The summed E-state index contributed by atoms with van der Waals surface area (Å²) in [7, 11) is 1.51. The van der Waals surface area contributed by atoms with E-state index in [1.54, 1.807) is 29.2 Å². The number of methoxy groups -OCH3 is 1. The van der Waals surface area contributed by atoms with E-state index in [1.165, 1.54) is 7.11 Å². The van der Waals surface area contributed by atoms with Gasteiger partial charge in [-0.1, -0.05) is 11.8 Å². The number of nitrogens with zero attached hydrogens (tertiary/aromatic N) is 3. The molecular weight excluding hydrogens is 403 g/mol. The molecule has 2 aromatic rings. The van der Waals surface area contributed by atoms with Crippen LogP contribution >= 0.6 is 11.8 Å². The zero-order valence-corrected chi connectivity index (χ0v) is 17.0. The van der Waals surface area contributed by atoms with Crippen molar-refractivity contribution in [3.05, 3.63) is 36.0 Å². The minimum absolute atomic E-state index is 0.00764. The largest absolute Gasteiger partial charge is 0.497 e. The van der Waals surface area contributed by atoms with Crippen molar-refractivity contribution >= 4 is 17.7 Å². The van der Waals surface area contributed by atoms with Crippen molar-refractivity contribution in [2.24, 2.45) is 0 Å². The highest BCUT2D eigenvalue weighted by atomic mass is 32.2. The van der Waals surface area contributed by atoms with Crippen molar-refractivity contribution in [1.29, 1.82) is 0 Å². The predicted molar refractivity (Wildman–Crippen MR) is 105 cm³/mol. The van der Waals surface area contributed by atoms with Crippen LogP contribution in [0.2, 0.25) is 0 Å². The van der Waals surface area contributed by atoms with Gasteiger partial charge in [0.25, 0.3) is 0 Å². The van der Waals surface area contributed by atoms with Crippen LogP contribution in [0.1, 0.15) is 31.9 Å². The SMILES string of the molecule is COc1ccc(-c2cc(C(F)(F)F)nc(SCC(=O)N3CCCC[C@@H]3C)n2)cc1. The molecule has 1 aromatic heterocycles. The Morgan fingerprint density at radius 2 is 1.97 bits per heavy atom. The number of ether oxygens (including phenoxy) is 1. The van der Waals surface area contributed by atoms with Gasteiger partial charge in [0, 0.05) is 18.2 Å². The molecule has 1 aromatic carbocycles. The van der Waals surface area contributed by atoms with Crippen LogP contribution in [0.4, 0.5) is 13.2 Å². The van der Waals surface area contributed by atoms with Crippen LogP contribution in [0, 0.1) is 0 Å². The fourth-order valence-corrected chi connectivity index (χ4v) is 3.97. The molecule has 0 aliphatic carbocycles. The predicted octanol–water partition coefficient (Wildman–Crippen LogP) is 4.66. The first-order valence-electron chi connectivity index (χ1n) is 9.31. The van der Waals surface area contributed by atoms with Gasteiger partial charge in [0.05, 0.1) is 18.6 Å². The lowest BCUT2D eigenvalue weighted by Crippen LogP contribution is -2.42. The molecule has 5 nitrogen and oxygen atoms in total. The molecule has 1 atom stereocenters. The summed E-state index contributed by atoms with van der Waals surface area (Å²) in [6.45, 7) is 2.67. The number of carbonyl (C=O) groups is 1. The average Bonchev–Trinajstić information content (AvgIpc) is 2.71. The molecule has 0 N–H and O–H groups in total. The molecule has 2 heterocycles. The molecule has 0 unspecified atom stereocenters. The Balaban J connectivity index is 1.82. The first-order valence-corrected chi connectivity index (χ1v) is 10.3. The standard InChI is InChI=1S/C20H22F3N3O2S/c1-13-5-3-4-10-26(13)18(27)12-29-19-24-16(11-17(25-19)20(21,22)23)14-6-8-15(28-2)9-7-14/h6-9,11,13H,3-5,10,12H2,1-2H3/t13-/m0/s1. The van der Waals surface area contributed by atoms with E-state index in [4.69, 9.17) is 4.74 Å². The molecule has 0 spiro atoms. The highest BCUT2D eigenvalue weighted by molar-refractivity contribution is 7.99. The molecule has 156 valence electrons. The number of hydrogen-bond acceptors (Lipinski definition) is 5. The van der Waals surface area contributed by atoms with Crippen molar-refractivity contribution in [1.82, 2.24) is 14.9 Å². The van der Waals surface area contributed by atoms with Gasteiger partial charge in [-0.15, -0.1) is 0 Å². The first kappa shape index (κ1) is 21.4. The van der Waals surface area contributed by atoms with Gasteiger partial charge in [0.2, 0.25) is 5.91 Å². The Hall–Kier alpha value is -2.29. The normalized spacial score (nSPS) is 17.3. The molecule has 3 rings (SSSR count). The van der Waals surface area contributed by atoms with Crippen LogP contribution in [0.5, 0.6) is 5.75 Å². The summed E-state index contributed by atoms with van der Waals surface area (Å²) in [4.78, 5) is 22.2. The van der Waals surface area contributed by atoms with E-state index in [1.807, 2.05) is 6.92 Å². The van der Waals surface area contributed by atoms with E-state index in [-0.39, 0.29) is 28.6 Å². The van der Waals surface area contributed by atoms with Crippen molar-refractivity contribution < 1.29 is 22.7 Å². The number of aromatic nitrogens is 2. The Morgan fingerprint density at radius 1 is 1.24 bits per heavy atom. The van der Waals surface area contributed by atoms with Crippen molar-refractivity contribution in [3.8, 4) is 17.0 Å². The van der Waals surface area contributed by atoms with Crippen molar-refractivity contribution in [3.63, 3.8) is 0 Å². The Morgan fingerprint density at radius 3 is 2.59 bits per heavy atom. The monoisotopic (exact) mass is 425 g/mol. The number of piperidine rings is 1. The molecule has 0 radical (unpaired) electrons. The van der Waals surface area contributed by atoms with Crippen LogP contribution in [0.3, 0.4) is 0 Å². The summed E-state index contributed by atoms with van der Waals surface area (Å²) >= 11 is 0.933. The van der Waals surface area contributed by atoms with E-state index in [0.29, 0.717) is 17.9 Å². The number of hydrogen-bond donors (Lipinski definition) is 0. The van der Waals surface area contributed by atoms with Crippen LogP contribution < -0.4 is 4.74 Å². The quantitative estimate of drug-likeness (QED) is 0.515. The van der Waals surface area contributed by atoms with Crippen molar-refractivity contribution in [2.45, 2.75) is 43.6 Å². The lowest BCUT2D eigenvalue weighted by Gasteiger charge is -2.33. The van der Waals surface area contributed by atoms with Crippen molar-refractivity contribution in [2.75, 3.05) is 19.4 Å². The summed E-state index contributed by atoms with van der Waals surface area (Å²) in [6, 6.07) is 7.64. The number of thioether (sulfide) groups is 1. The molecule has 9 heteroatoms. The lowest BCUT2D eigenvalue weighted by molar-refractivity contribution is -0.141. The number of alkyl halides is 3. The zero-order valence-electron chi connectivity index (χ0n) is 16.2. The zero-order chi connectivity index (χ0) is 21.0. The maximum Gasteiger partial charge on any atom is 0.433 e. The second-order valence-electron chi connectivity index (χ2n) is 6.87. The number of benzene rings is 1. The minimum atomic E-state index is -4.61. The number of rotatable bonds is 5. The number of halogens is 3. The smallest absolute Gasteiger partial charge is 0.433 e. The fourth-order valence-electron chi connectivity index (χ4n) is 3.22. The van der Waals surface area contributed by atoms with Gasteiger partial charge in [-0.2, -0.15) is 13.2 Å². The van der Waals surface area contributed by atoms with Gasteiger partial charge >= 0.3 is 6.18 Å². The van der Waals surface area contributed by atoms with Crippen LogP contribution in [0.25, 0.3) is 11.3 Å². The average molecular weight is 425 g/mol. The molecule has 0 saturated carbocycles. The van der Waals surface area contributed by atoms with E-state index in [9.17, 15) is 18.0 Å². The molecule has 29 heavy (non-hydrogen) atoms. The molecule has 1 amide bonds. The number of likely N-dealkylation sites (tertiary alicyclic amines) is 1. The van der Waals surface area contributed by atoms with E-state index >= 15 is 0 Å². The molecule has 1 saturated heterocycles. The Kier molecular flexibility index (Phi) is 6.66. The Bertz CT molecular complexity index is 859. The second-order valence-corrected chi connectivity index (χ2v) is 7.81. The topological polar surface area (TPSA) is 55.3 Å². The molecule has 1 aliphatic heterocycles. The maximum absolute atomic E-state index is 13.3. The maximum atomic E-state index is 13.3. The van der Waals surface area contributed by atoms with Gasteiger partial charge in [-0.25, -0.2) is 9.97 Å². The fraction of sp³-hybridized carbons (Fsp3) is 0.450. The first-order chi connectivity index (χ1) is 13.8. The van der Waals surface area contributed by atoms with Crippen LogP contribution in [-0.2, 0) is 11.0 Å². The summed E-state index contributed by atoms with van der Waals surface area (Å²) in [5, 5.41) is -0.0661. The number of carbonyl (C=O) groups excluding carboxylic acids is 1. The molecule has 1 aliphatic rings. The third kappa shape index (κ3) is 5.41. The van der Waals surface area contributed by atoms with E-state index < -0.39 is 11.9 Å². The molecule has 0 bridgehead atoms. The van der Waals surface area contributed by atoms with Gasteiger partial charge in [-0.05, 0) is 56.5 Å². The van der Waals surface area contributed by atoms with E-state index in [2.05, 4.69) is 9.97 Å². The minimum Gasteiger partial charge on any atom is -0.497 e. The van der Waals surface area contributed by atoms with Gasteiger partial charge < -0.3 is 9.64 Å². The summed E-state index contributed by atoms with van der Waals surface area (Å²) in [5.74, 6) is 0.497. The van der Waals surface area contributed by atoms with E-state index in [0.717, 1.165) is 37.1 Å². The summed E-state index contributed by atoms with van der Waals surface area (Å²) in [5.41, 5.74) is -0.368. The summed E-state index contributed by atoms with van der Waals surface area (Å²) in [6.07, 6.45) is -1.63. The third-order valence-corrected chi connectivity index (χ3v) is 5.66. The highest BCUT2D eigenvalue weighted by Gasteiger charge is 2.34. The Labute approximate surface area is 171 Å². The van der Waals surface area contributed by atoms with Gasteiger partial charge in [0.15, 0.2) is 5.16 Å². The van der Waals surface area contributed by atoms with Crippen LogP contribution in [0.15, 0.2) is 35.5 Å². The highest BCUT2D eigenvalue weighted by Crippen LogP contribution is 2.32. The van der Waals surface area contributed by atoms with Crippen LogP contribution in [-0.4, -0.2) is 46.2 Å². The molecule has 1 fully saturated rings. The lowest BCUT2D eigenvalue weighted by atomic mass is 10.0. The van der Waals surface area contributed by atoms with Gasteiger partial charge in [-0.3, -0.25) is 4.79 Å². The third-order valence-electron chi connectivity index (χ3n) is 4.83. The second kappa shape index (κ2) is 9.02. The van der Waals surface area contributed by atoms with Gasteiger partial charge in [0.1, 0.15) is 11.4 Å².